The van der Waals surface area contributed by atoms with Crippen molar-refractivity contribution < 1.29 is 14.3 Å². The van der Waals surface area contributed by atoms with Gasteiger partial charge in [-0.05, 0) is 24.3 Å². The van der Waals surface area contributed by atoms with E-state index in [4.69, 9.17) is 9.15 Å². The Kier molecular flexibility index (Phi) is 3.00. The molecule has 0 fully saturated rings. The van der Waals surface area contributed by atoms with Crippen LogP contribution in [-0.4, -0.2) is 12.2 Å². The fourth-order valence-electron chi connectivity index (χ4n) is 1.40. The normalized spacial score (nSPS) is 10.1. The number of anilines is 1. The summed E-state index contributed by atoms with van der Waals surface area (Å²) in [6, 6.07) is 8.88. The van der Waals surface area contributed by atoms with Crippen LogP contribution in [0.15, 0.2) is 41.0 Å². The van der Waals surface area contributed by atoms with Crippen LogP contribution in [0.3, 0.4) is 0 Å². The molecule has 0 saturated heterocycles. The molecule has 0 saturated carbocycles. The predicted octanol–water partition coefficient (Wildman–Crippen LogP) is 2.61. The van der Waals surface area contributed by atoms with Crippen LogP contribution in [0.4, 0.5) is 5.69 Å². The van der Waals surface area contributed by atoms with Gasteiger partial charge < -0.3 is 19.6 Å². The average Bonchev–Trinajstić information content (AvgIpc) is 2.79. The minimum absolute atomic E-state index is 0.118. The number of hydrogen-bond acceptors (Lipinski definition) is 4. The number of furan rings is 1. The van der Waals surface area contributed by atoms with Gasteiger partial charge in [0.2, 0.25) is 0 Å². The Morgan fingerprint density at radius 2 is 2.25 bits per heavy atom. The minimum Gasteiger partial charge on any atom is -0.504 e. The largest absolute Gasteiger partial charge is 0.504 e. The second kappa shape index (κ2) is 4.61. The molecule has 1 aromatic heterocycles. The van der Waals surface area contributed by atoms with E-state index >= 15 is 0 Å². The Hall–Kier alpha value is -2.10. The van der Waals surface area contributed by atoms with Gasteiger partial charge in [0.1, 0.15) is 5.76 Å². The number of phenolic OH excluding ortho intramolecular Hbond substituents is 1. The van der Waals surface area contributed by atoms with E-state index in [1.165, 1.54) is 7.11 Å². The highest BCUT2D eigenvalue weighted by Crippen LogP contribution is 2.28. The molecular weight excluding hydrogens is 206 g/mol. The summed E-state index contributed by atoms with van der Waals surface area (Å²) >= 11 is 0. The standard InChI is InChI=1S/C12H13NO3/c1-15-12-5-4-9(7-11(12)14)13-8-10-3-2-6-16-10/h2-7,13-14H,8H2,1H3. The molecule has 84 valence electrons. The number of phenols is 1. The lowest BCUT2D eigenvalue weighted by atomic mass is 10.2. The summed E-state index contributed by atoms with van der Waals surface area (Å²) in [5, 5.41) is 12.7. The van der Waals surface area contributed by atoms with Gasteiger partial charge >= 0.3 is 0 Å². The Bertz CT molecular complexity index is 451. The Morgan fingerprint density at radius 1 is 1.38 bits per heavy atom. The first-order chi connectivity index (χ1) is 7.79. The number of hydrogen-bond donors (Lipinski definition) is 2. The molecule has 16 heavy (non-hydrogen) atoms. The maximum absolute atomic E-state index is 9.56. The summed E-state index contributed by atoms with van der Waals surface area (Å²) in [6.07, 6.45) is 1.63. The van der Waals surface area contributed by atoms with Crippen molar-refractivity contribution in [2.75, 3.05) is 12.4 Å². The zero-order chi connectivity index (χ0) is 11.4. The smallest absolute Gasteiger partial charge is 0.160 e. The van der Waals surface area contributed by atoms with Gasteiger partial charge in [-0.25, -0.2) is 0 Å². The number of benzene rings is 1. The Labute approximate surface area is 93.5 Å². The second-order valence-corrected chi connectivity index (χ2v) is 3.32. The molecule has 0 radical (unpaired) electrons. The van der Waals surface area contributed by atoms with Crippen molar-refractivity contribution in [3.05, 3.63) is 42.4 Å². The van der Waals surface area contributed by atoms with E-state index in [9.17, 15) is 5.11 Å². The summed E-state index contributed by atoms with van der Waals surface area (Å²) < 4.78 is 10.1. The third-order valence-corrected chi connectivity index (χ3v) is 2.23. The molecule has 0 aliphatic carbocycles. The molecule has 4 nitrogen and oxygen atoms in total. The Morgan fingerprint density at radius 3 is 2.88 bits per heavy atom. The Balaban J connectivity index is 2.02. The maximum Gasteiger partial charge on any atom is 0.160 e. The third-order valence-electron chi connectivity index (χ3n) is 2.23. The molecule has 2 aromatic rings. The molecule has 0 bridgehead atoms. The van der Waals surface area contributed by atoms with Crippen molar-refractivity contribution in [3.63, 3.8) is 0 Å². The number of aromatic hydroxyl groups is 1. The summed E-state index contributed by atoms with van der Waals surface area (Å²) in [7, 11) is 1.52. The first-order valence-corrected chi connectivity index (χ1v) is 4.93. The van der Waals surface area contributed by atoms with Crippen molar-refractivity contribution >= 4 is 5.69 Å². The van der Waals surface area contributed by atoms with E-state index in [0.29, 0.717) is 12.3 Å². The van der Waals surface area contributed by atoms with Crippen LogP contribution in [0.25, 0.3) is 0 Å². The average molecular weight is 219 g/mol. The maximum atomic E-state index is 9.56. The number of methoxy groups -OCH3 is 1. The van der Waals surface area contributed by atoms with E-state index in [-0.39, 0.29) is 5.75 Å². The van der Waals surface area contributed by atoms with E-state index in [1.807, 2.05) is 18.2 Å². The van der Waals surface area contributed by atoms with Gasteiger partial charge in [-0.2, -0.15) is 0 Å². The van der Waals surface area contributed by atoms with E-state index < -0.39 is 0 Å². The van der Waals surface area contributed by atoms with Crippen LogP contribution in [0.5, 0.6) is 11.5 Å². The highest BCUT2D eigenvalue weighted by molar-refractivity contribution is 5.54. The zero-order valence-corrected chi connectivity index (χ0v) is 8.93. The lowest BCUT2D eigenvalue weighted by molar-refractivity contribution is 0.373. The van der Waals surface area contributed by atoms with Crippen molar-refractivity contribution in [2.45, 2.75) is 6.54 Å². The molecule has 4 heteroatoms. The monoisotopic (exact) mass is 219 g/mol. The molecule has 2 rings (SSSR count). The summed E-state index contributed by atoms with van der Waals surface area (Å²) in [5.41, 5.74) is 0.815. The quantitative estimate of drug-likeness (QED) is 0.829. The van der Waals surface area contributed by atoms with Gasteiger partial charge in [-0.3, -0.25) is 0 Å². The van der Waals surface area contributed by atoms with Crippen molar-refractivity contribution in [1.82, 2.24) is 0 Å². The lowest BCUT2D eigenvalue weighted by Crippen LogP contribution is -1.97. The van der Waals surface area contributed by atoms with Crippen LogP contribution in [-0.2, 0) is 6.54 Å². The molecule has 0 aliphatic heterocycles. The first-order valence-electron chi connectivity index (χ1n) is 4.93. The molecule has 1 aromatic carbocycles. The summed E-state index contributed by atoms with van der Waals surface area (Å²) in [6.45, 7) is 0.582. The van der Waals surface area contributed by atoms with E-state index in [0.717, 1.165) is 11.4 Å². The first kappa shape index (κ1) is 10.4. The molecule has 2 N–H and O–H groups in total. The van der Waals surface area contributed by atoms with Crippen LogP contribution >= 0.6 is 0 Å². The van der Waals surface area contributed by atoms with Crippen molar-refractivity contribution in [2.24, 2.45) is 0 Å². The van der Waals surface area contributed by atoms with Crippen LogP contribution in [0, 0.1) is 0 Å². The molecule has 0 unspecified atom stereocenters. The number of nitrogens with one attached hydrogen (secondary N) is 1. The van der Waals surface area contributed by atoms with Crippen LogP contribution in [0.1, 0.15) is 5.76 Å². The SMILES string of the molecule is COc1ccc(NCc2ccco2)cc1O. The highest BCUT2D eigenvalue weighted by atomic mass is 16.5. The fraction of sp³-hybridized carbons (Fsp3) is 0.167. The van der Waals surface area contributed by atoms with Crippen LogP contribution < -0.4 is 10.1 Å². The number of ether oxygens (including phenoxy) is 1. The van der Waals surface area contributed by atoms with Crippen LogP contribution in [0.2, 0.25) is 0 Å². The van der Waals surface area contributed by atoms with Gasteiger partial charge in [-0.1, -0.05) is 0 Å². The van der Waals surface area contributed by atoms with Gasteiger partial charge in [0.25, 0.3) is 0 Å². The van der Waals surface area contributed by atoms with Gasteiger partial charge in [-0.15, -0.1) is 0 Å². The fourth-order valence-corrected chi connectivity index (χ4v) is 1.40. The summed E-state index contributed by atoms with van der Waals surface area (Å²) in [4.78, 5) is 0. The van der Waals surface area contributed by atoms with Crippen molar-refractivity contribution in [1.29, 1.82) is 0 Å². The minimum atomic E-state index is 0.118. The second-order valence-electron chi connectivity index (χ2n) is 3.32. The molecular formula is C12H13NO3. The number of rotatable bonds is 4. The molecule has 0 aliphatic rings. The molecule has 1 heterocycles. The summed E-state index contributed by atoms with van der Waals surface area (Å²) in [5.74, 6) is 1.42. The van der Waals surface area contributed by atoms with E-state index in [2.05, 4.69) is 5.32 Å². The van der Waals surface area contributed by atoms with E-state index in [1.54, 1.807) is 18.4 Å². The predicted molar refractivity (Wildman–Crippen MR) is 60.7 cm³/mol. The third kappa shape index (κ3) is 2.28. The lowest BCUT2D eigenvalue weighted by Gasteiger charge is -2.07. The van der Waals surface area contributed by atoms with Gasteiger partial charge in [0, 0.05) is 11.8 Å². The molecule has 0 amide bonds. The molecule has 0 spiro atoms. The zero-order valence-electron chi connectivity index (χ0n) is 8.93. The highest BCUT2D eigenvalue weighted by Gasteiger charge is 2.02. The molecule has 0 atom stereocenters. The topological polar surface area (TPSA) is 54.6 Å². The van der Waals surface area contributed by atoms with Gasteiger partial charge in [0.15, 0.2) is 11.5 Å². The van der Waals surface area contributed by atoms with Crippen molar-refractivity contribution in [3.8, 4) is 11.5 Å². The van der Waals surface area contributed by atoms with Gasteiger partial charge in [0.05, 0.1) is 19.9 Å².